The highest BCUT2D eigenvalue weighted by atomic mass is 32.1. The maximum absolute atomic E-state index is 4.50. The first-order chi connectivity index (χ1) is 6.61. The topological polar surface area (TPSA) is 12.0 Å². The standard InChI is InChI=1S/C12H23NS/c1-9(2)13-12(10(3)14)11-7-5-4-6-8-11/h9,11,13-14H,4-8H2,1-3H3/b12-10-. The van der Waals surface area contributed by atoms with Crippen molar-refractivity contribution in [2.75, 3.05) is 0 Å². The van der Waals surface area contributed by atoms with Crippen molar-refractivity contribution in [3.63, 3.8) is 0 Å². The molecule has 1 fully saturated rings. The summed E-state index contributed by atoms with van der Waals surface area (Å²) >= 11 is 4.50. The minimum Gasteiger partial charge on any atom is -0.385 e. The molecule has 1 rings (SSSR count). The van der Waals surface area contributed by atoms with Crippen LogP contribution >= 0.6 is 12.6 Å². The van der Waals surface area contributed by atoms with Crippen LogP contribution in [0.2, 0.25) is 0 Å². The van der Waals surface area contributed by atoms with E-state index in [1.54, 1.807) is 0 Å². The van der Waals surface area contributed by atoms with Crippen molar-refractivity contribution in [2.45, 2.75) is 58.9 Å². The van der Waals surface area contributed by atoms with Crippen LogP contribution in [0.1, 0.15) is 52.9 Å². The molecule has 1 saturated carbocycles. The molecule has 0 aromatic carbocycles. The van der Waals surface area contributed by atoms with Crippen LogP contribution in [0, 0.1) is 5.92 Å². The molecule has 1 aliphatic carbocycles. The normalized spacial score (nSPS) is 20.9. The number of thiol groups is 1. The first kappa shape index (κ1) is 12.0. The number of allylic oxidation sites excluding steroid dienone is 2. The lowest BCUT2D eigenvalue weighted by Crippen LogP contribution is -2.28. The van der Waals surface area contributed by atoms with Crippen LogP contribution in [-0.4, -0.2) is 6.04 Å². The fourth-order valence-corrected chi connectivity index (χ4v) is 2.47. The lowest BCUT2D eigenvalue weighted by atomic mass is 9.86. The van der Waals surface area contributed by atoms with Crippen LogP contribution in [0.25, 0.3) is 0 Å². The third-order valence-corrected chi connectivity index (χ3v) is 3.09. The van der Waals surface area contributed by atoms with Crippen molar-refractivity contribution < 1.29 is 0 Å². The summed E-state index contributed by atoms with van der Waals surface area (Å²) < 4.78 is 0. The van der Waals surface area contributed by atoms with E-state index in [0.29, 0.717) is 6.04 Å². The molecule has 14 heavy (non-hydrogen) atoms. The van der Waals surface area contributed by atoms with E-state index in [-0.39, 0.29) is 0 Å². The van der Waals surface area contributed by atoms with E-state index in [1.807, 2.05) is 0 Å². The Morgan fingerprint density at radius 3 is 2.21 bits per heavy atom. The fraction of sp³-hybridized carbons (Fsp3) is 0.833. The van der Waals surface area contributed by atoms with Crippen LogP contribution in [-0.2, 0) is 0 Å². The molecule has 0 saturated heterocycles. The van der Waals surface area contributed by atoms with Gasteiger partial charge in [0.15, 0.2) is 0 Å². The molecule has 0 unspecified atom stereocenters. The zero-order valence-corrected chi connectivity index (χ0v) is 10.5. The second-order valence-corrected chi connectivity index (χ2v) is 5.30. The van der Waals surface area contributed by atoms with Crippen molar-refractivity contribution in [1.82, 2.24) is 5.32 Å². The molecule has 0 heterocycles. The van der Waals surface area contributed by atoms with Gasteiger partial charge in [-0.05, 0) is 44.4 Å². The van der Waals surface area contributed by atoms with Crippen LogP contribution in [0.4, 0.5) is 0 Å². The molecular weight excluding hydrogens is 190 g/mol. The summed E-state index contributed by atoms with van der Waals surface area (Å²) in [6.07, 6.45) is 6.86. The van der Waals surface area contributed by atoms with E-state index in [1.165, 1.54) is 42.7 Å². The second kappa shape index (κ2) is 5.69. The largest absolute Gasteiger partial charge is 0.385 e. The summed E-state index contributed by atoms with van der Waals surface area (Å²) in [6.45, 7) is 6.49. The SMILES string of the molecule is C/C(S)=C(/NC(C)C)C1CCCCC1. The van der Waals surface area contributed by atoms with Crippen molar-refractivity contribution in [3.8, 4) is 0 Å². The van der Waals surface area contributed by atoms with Gasteiger partial charge in [0.25, 0.3) is 0 Å². The lowest BCUT2D eigenvalue weighted by molar-refractivity contribution is 0.378. The van der Waals surface area contributed by atoms with Crippen molar-refractivity contribution >= 4 is 12.6 Å². The Morgan fingerprint density at radius 1 is 1.21 bits per heavy atom. The lowest BCUT2D eigenvalue weighted by Gasteiger charge is -2.28. The summed E-state index contributed by atoms with van der Waals surface area (Å²) in [6, 6.07) is 0.522. The molecule has 2 heteroatoms. The van der Waals surface area contributed by atoms with E-state index in [4.69, 9.17) is 0 Å². The molecule has 0 amide bonds. The smallest absolute Gasteiger partial charge is 0.0231 e. The predicted molar refractivity (Wildman–Crippen MR) is 66.5 cm³/mol. The first-order valence-corrected chi connectivity index (χ1v) is 6.22. The predicted octanol–water partition coefficient (Wildman–Crippen LogP) is 3.73. The van der Waals surface area contributed by atoms with E-state index < -0.39 is 0 Å². The zero-order valence-electron chi connectivity index (χ0n) is 9.64. The number of hydrogen-bond donors (Lipinski definition) is 2. The number of hydrogen-bond acceptors (Lipinski definition) is 2. The third-order valence-electron chi connectivity index (χ3n) is 2.85. The van der Waals surface area contributed by atoms with Gasteiger partial charge in [-0.25, -0.2) is 0 Å². The van der Waals surface area contributed by atoms with Gasteiger partial charge in [-0.15, -0.1) is 12.6 Å². The fourth-order valence-electron chi connectivity index (χ4n) is 2.22. The van der Waals surface area contributed by atoms with Crippen LogP contribution in [0.15, 0.2) is 10.6 Å². The van der Waals surface area contributed by atoms with Gasteiger partial charge in [0.1, 0.15) is 0 Å². The van der Waals surface area contributed by atoms with Crippen molar-refractivity contribution in [1.29, 1.82) is 0 Å². The minimum atomic E-state index is 0.522. The van der Waals surface area contributed by atoms with E-state index in [0.717, 1.165) is 5.92 Å². The molecule has 82 valence electrons. The molecule has 0 radical (unpaired) electrons. The molecule has 0 bridgehead atoms. The van der Waals surface area contributed by atoms with Gasteiger partial charge in [0.2, 0.25) is 0 Å². The van der Waals surface area contributed by atoms with Crippen LogP contribution in [0.5, 0.6) is 0 Å². The summed E-state index contributed by atoms with van der Waals surface area (Å²) in [4.78, 5) is 1.17. The average molecular weight is 213 g/mol. The maximum Gasteiger partial charge on any atom is 0.0231 e. The molecule has 0 aromatic rings. The highest BCUT2D eigenvalue weighted by Crippen LogP contribution is 2.30. The van der Waals surface area contributed by atoms with Crippen LogP contribution < -0.4 is 5.32 Å². The van der Waals surface area contributed by atoms with Gasteiger partial charge in [-0.3, -0.25) is 0 Å². The Morgan fingerprint density at radius 2 is 1.79 bits per heavy atom. The van der Waals surface area contributed by atoms with E-state index in [9.17, 15) is 0 Å². The highest BCUT2D eigenvalue weighted by Gasteiger charge is 2.19. The molecule has 0 aromatic heterocycles. The zero-order chi connectivity index (χ0) is 10.6. The molecule has 1 N–H and O–H groups in total. The monoisotopic (exact) mass is 213 g/mol. The van der Waals surface area contributed by atoms with Crippen molar-refractivity contribution in [3.05, 3.63) is 10.6 Å². The van der Waals surface area contributed by atoms with Crippen LogP contribution in [0.3, 0.4) is 0 Å². The van der Waals surface area contributed by atoms with Gasteiger partial charge in [0, 0.05) is 11.7 Å². The molecule has 0 atom stereocenters. The molecular formula is C12H23NS. The first-order valence-electron chi connectivity index (χ1n) is 5.77. The Balaban J connectivity index is 2.62. The van der Waals surface area contributed by atoms with Crippen molar-refractivity contribution in [2.24, 2.45) is 5.92 Å². The van der Waals surface area contributed by atoms with Gasteiger partial charge < -0.3 is 5.32 Å². The molecule has 0 spiro atoms. The van der Waals surface area contributed by atoms with Gasteiger partial charge in [0.05, 0.1) is 0 Å². The number of nitrogens with one attached hydrogen (secondary N) is 1. The second-order valence-electron chi connectivity index (χ2n) is 4.63. The molecule has 0 aliphatic heterocycles. The highest BCUT2D eigenvalue weighted by molar-refractivity contribution is 7.84. The van der Waals surface area contributed by atoms with E-state index in [2.05, 4.69) is 38.7 Å². The summed E-state index contributed by atoms with van der Waals surface area (Å²) in [7, 11) is 0. The Labute approximate surface area is 93.8 Å². The van der Waals surface area contributed by atoms with E-state index >= 15 is 0 Å². The Bertz CT molecular complexity index is 198. The van der Waals surface area contributed by atoms with Gasteiger partial charge in [-0.2, -0.15) is 0 Å². The summed E-state index contributed by atoms with van der Waals surface area (Å²) in [5, 5.41) is 3.55. The Hall–Kier alpha value is -0.110. The Kier molecular flexibility index (Phi) is 4.86. The summed E-state index contributed by atoms with van der Waals surface area (Å²) in [5.41, 5.74) is 1.39. The quantitative estimate of drug-likeness (QED) is 0.681. The summed E-state index contributed by atoms with van der Waals surface area (Å²) in [5.74, 6) is 0.739. The average Bonchev–Trinajstić information content (AvgIpc) is 2.15. The molecule has 1 aliphatic rings. The minimum absolute atomic E-state index is 0.522. The molecule has 1 nitrogen and oxygen atoms in total. The van der Waals surface area contributed by atoms with Gasteiger partial charge in [-0.1, -0.05) is 19.3 Å². The maximum atomic E-state index is 4.50. The van der Waals surface area contributed by atoms with Gasteiger partial charge >= 0.3 is 0 Å². The third kappa shape index (κ3) is 3.56. The number of rotatable bonds is 3.